The number of amides is 3. The third-order valence-corrected chi connectivity index (χ3v) is 5.54. The molecular weight excluding hydrogens is 412 g/mol. The lowest BCUT2D eigenvalue weighted by Gasteiger charge is -2.31. The number of carbonyl (C=O) groups excluding carboxylic acids is 3. The molecule has 2 fully saturated rings. The van der Waals surface area contributed by atoms with Gasteiger partial charge in [-0.15, -0.1) is 0 Å². The fourth-order valence-electron chi connectivity index (χ4n) is 4.12. The number of carbonyl (C=O) groups is 3. The molecule has 1 N–H and O–H groups in total. The zero-order chi connectivity index (χ0) is 25.6. The van der Waals surface area contributed by atoms with Gasteiger partial charge < -0.3 is 9.64 Å². The SMILES string of the molecule is CC.Cc1ccccc1C(=O)NC=O.[B]C1([B])CC([B])([B])C2CN(C(=O)OC(C)(C)C)CC21. The normalized spacial score (nSPS) is 21.9. The molecule has 3 rings (SSSR count). The number of nitrogens with zero attached hydrogens (tertiary/aromatic N) is 1. The smallest absolute Gasteiger partial charge is 0.410 e. The second-order valence-electron chi connectivity index (χ2n) is 9.41. The van der Waals surface area contributed by atoms with E-state index in [0.717, 1.165) is 5.56 Å². The van der Waals surface area contributed by atoms with Crippen molar-refractivity contribution in [2.45, 2.75) is 64.0 Å². The molecule has 0 bridgehead atoms. The molecule has 1 heterocycles. The van der Waals surface area contributed by atoms with Crippen LogP contribution in [0.1, 0.15) is 57.0 Å². The van der Waals surface area contributed by atoms with E-state index in [4.69, 9.17) is 36.1 Å². The van der Waals surface area contributed by atoms with Crippen LogP contribution < -0.4 is 5.32 Å². The molecule has 2 aliphatic rings. The predicted octanol–water partition coefficient (Wildman–Crippen LogP) is 2.69. The highest BCUT2D eigenvalue weighted by Crippen LogP contribution is 2.61. The van der Waals surface area contributed by atoms with Crippen molar-refractivity contribution >= 4 is 49.8 Å². The van der Waals surface area contributed by atoms with Crippen LogP contribution >= 0.6 is 0 Å². The number of ether oxygens (including phenoxy) is 1. The number of nitrogens with one attached hydrogen (secondary N) is 1. The summed E-state index contributed by atoms with van der Waals surface area (Å²) in [6.45, 7) is 12.2. The predicted molar refractivity (Wildman–Crippen MR) is 134 cm³/mol. The second kappa shape index (κ2) is 11.3. The molecule has 8 radical (unpaired) electrons. The molecule has 10 heteroatoms. The molecule has 170 valence electrons. The number of hydrogen-bond donors (Lipinski definition) is 1. The number of benzene rings is 1. The Morgan fingerprint density at radius 2 is 1.55 bits per heavy atom. The van der Waals surface area contributed by atoms with E-state index in [1.54, 1.807) is 17.0 Å². The first kappa shape index (κ1) is 28.9. The summed E-state index contributed by atoms with van der Waals surface area (Å²) in [7, 11) is 24.3. The fourth-order valence-corrected chi connectivity index (χ4v) is 4.12. The lowest BCUT2D eigenvalue weighted by Crippen LogP contribution is -2.37. The van der Waals surface area contributed by atoms with Gasteiger partial charge in [-0.1, -0.05) is 48.9 Å². The van der Waals surface area contributed by atoms with E-state index >= 15 is 0 Å². The van der Waals surface area contributed by atoms with E-state index in [1.165, 1.54) is 0 Å². The molecule has 1 aliphatic heterocycles. The molecule has 33 heavy (non-hydrogen) atoms. The average molecular weight is 444 g/mol. The standard InChI is InChI=1S/C12H17B4NO2.C9H9NO2.C2H6/c1-10(2,3)19-9(18)17-4-7-8(5-17)12(15,16)6-11(7,13)14;1-7-4-2-3-5-8(7)9(12)10-6-11;1-2/h7-8H,4-6H2,1-3H3;2-6H,1H3,(H,10,11,12);1-2H3. The van der Waals surface area contributed by atoms with Gasteiger partial charge in [-0.3, -0.25) is 14.9 Å². The van der Waals surface area contributed by atoms with Gasteiger partial charge in [-0.05, 0) is 51.2 Å². The van der Waals surface area contributed by atoms with Gasteiger partial charge in [0.2, 0.25) is 6.41 Å². The molecule has 3 amide bonds. The molecular formula is C23H32B4N2O4. The van der Waals surface area contributed by atoms with Gasteiger partial charge in [0.1, 0.15) is 5.60 Å². The van der Waals surface area contributed by atoms with Crippen molar-refractivity contribution in [1.82, 2.24) is 10.2 Å². The minimum atomic E-state index is -0.926. The Morgan fingerprint density at radius 3 is 1.97 bits per heavy atom. The second-order valence-corrected chi connectivity index (χ2v) is 9.41. The maximum Gasteiger partial charge on any atom is 0.410 e. The van der Waals surface area contributed by atoms with Gasteiger partial charge in [0.15, 0.2) is 0 Å². The van der Waals surface area contributed by atoms with Crippen molar-refractivity contribution in [2.75, 3.05) is 13.1 Å². The minimum absolute atomic E-state index is 0.0879. The number of rotatable bonds is 2. The van der Waals surface area contributed by atoms with Crippen LogP contribution in [0.2, 0.25) is 10.4 Å². The highest BCUT2D eigenvalue weighted by Gasteiger charge is 2.55. The summed E-state index contributed by atoms with van der Waals surface area (Å²) < 4.78 is 5.35. The zero-order valence-electron chi connectivity index (χ0n) is 20.6. The average Bonchev–Trinajstić information content (AvgIpc) is 3.22. The summed E-state index contributed by atoms with van der Waals surface area (Å²) >= 11 is 0. The van der Waals surface area contributed by atoms with Crippen molar-refractivity contribution in [3.63, 3.8) is 0 Å². The molecule has 1 saturated heterocycles. The van der Waals surface area contributed by atoms with E-state index in [2.05, 4.69) is 5.32 Å². The van der Waals surface area contributed by atoms with Gasteiger partial charge in [0, 0.05) is 18.7 Å². The largest absolute Gasteiger partial charge is 0.444 e. The highest BCUT2D eigenvalue weighted by molar-refractivity contribution is 6.45. The number of likely N-dealkylation sites (tertiary alicyclic amines) is 1. The summed E-state index contributed by atoms with van der Waals surface area (Å²) in [5, 5.41) is 0.232. The van der Waals surface area contributed by atoms with Crippen LogP contribution in [0.15, 0.2) is 24.3 Å². The molecule has 6 nitrogen and oxygen atoms in total. The summed E-state index contributed by atoms with van der Waals surface area (Å²) in [6.07, 6.45) is 0.375. The fraction of sp³-hybridized carbons (Fsp3) is 0.609. The number of aryl methyl sites for hydroxylation is 1. The van der Waals surface area contributed by atoms with Crippen LogP contribution in [0.25, 0.3) is 0 Å². The van der Waals surface area contributed by atoms with Gasteiger partial charge in [-0.2, -0.15) is 0 Å². The van der Waals surface area contributed by atoms with Crippen LogP contribution in [-0.2, 0) is 9.53 Å². The molecule has 0 aromatic heterocycles. The van der Waals surface area contributed by atoms with Gasteiger partial charge in [0.25, 0.3) is 5.91 Å². The first-order valence-corrected chi connectivity index (χ1v) is 11.1. The third kappa shape index (κ3) is 7.72. The Kier molecular flexibility index (Phi) is 9.94. The van der Waals surface area contributed by atoms with E-state index in [9.17, 15) is 14.4 Å². The van der Waals surface area contributed by atoms with E-state index in [0.29, 0.717) is 31.5 Å². The van der Waals surface area contributed by atoms with E-state index in [-0.39, 0.29) is 23.8 Å². The van der Waals surface area contributed by atoms with Crippen LogP contribution in [0, 0.1) is 18.8 Å². The Morgan fingerprint density at radius 1 is 1.06 bits per heavy atom. The summed E-state index contributed by atoms with van der Waals surface area (Å²) in [5.41, 5.74) is 0.862. The van der Waals surface area contributed by atoms with Crippen molar-refractivity contribution in [2.24, 2.45) is 11.8 Å². The van der Waals surface area contributed by atoms with Crippen molar-refractivity contribution < 1.29 is 19.1 Å². The molecule has 2 atom stereocenters. The Labute approximate surface area is 203 Å². The monoisotopic (exact) mass is 444 g/mol. The Hall–Kier alpha value is -2.11. The maximum absolute atomic E-state index is 12.1. The lowest BCUT2D eigenvalue weighted by atomic mass is 9.45. The quantitative estimate of drug-likeness (QED) is 0.563. The van der Waals surface area contributed by atoms with Crippen molar-refractivity contribution in [1.29, 1.82) is 0 Å². The van der Waals surface area contributed by atoms with E-state index < -0.39 is 16.0 Å². The lowest BCUT2D eigenvalue weighted by molar-refractivity contribution is -0.108. The number of imide groups is 1. The molecule has 2 unspecified atom stereocenters. The van der Waals surface area contributed by atoms with Crippen LogP contribution in [0.4, 0.5) is 4.79 Å². The minimum Gasteiger partial charge on any atom is -0.444 e. The first-order valence-electron chi connectivity index (χ1n) is 11.1. The Balaban J connectivity index is 0.000000335. The molecule has 1 aromatic rings. The van der Waals surface area contributed by atoms with Crippen molar-refractivity contribution in [3.05, 3.63) is 35.4 Å². The summed E-state index contributed by atoms with van der Waals surface area (Å²) in [4.78, 5) is 34.7. The van der Waals surface area contributed by atoms with Crippen molar-refractivity contribution in [3.8, 4) is 0 Å². The van der Waals surface area contributed by atoms with Crippen LogP contribution in [0.5, 0.6) is 0 Å². The molecule has 1 aliphatic carbocycles. The number of fused-ring (bicyclic) bond motifs is 1. The Bertz CT molecular complexity index is 818. The zero-order valence-corrected chi connectivity index (χ0v) is 20.6. The van der Waals surface area contributed by atoms with Gasteiger partial charge in [0.05, 0.1) is 31.4 Å². The van der Waals surface area contributed by atoms with E-state index in [1.807, 2.05) is 53.7 Å². The topological polar surface area (TPSA) is 75.7 Å². The molecule has 0 spiro atoms. The van der Waals surface area contributed by atoms with Gasteiger partial charge >= 0.3 is 6.09 Å². The maximum atomic E-state index is 12.1. The summed E-state index contributed by atoms with van der Waals surface area (Å²) in [5.74, 6) is -0.534. The molecule has 1 aromatic carbocycles. The first-order chi connectivity index (χ1) is 15.2. The van der Waals surface area contributed by atoms with Gasteiger partial charge in [-0.25, -0.2) is 4.79 Å². The third-order valence-electron chi connectivity index (χ3n) is 5.54. The van der Waals surface area contributed by atoms with Crippen LogP contribution in [0.3, 0.4) is 0 Å². The van der Waals surface area contributed by atoms with Crippen LogP contribution in [-0.4, -0.2) is 73.4 Å². The summed E-state index contributed by atoms with van der Waals surface area (Å²) in [6, 6.07) is 7.09. The highest BCUT2D eigenvalue weighted by atomic mass is 16.6. The number of hydrogen-bond acceptors (Lipinski definition) is 4. The molecule has 1 saturated carbocycles.